The van der Waals surface area contributed by atoms with Gasteiger partial charge in [0.1, 0.15) is 24.7 Å². The van der Waals surface area contributed by atoms with Crippen LogP contribution in [0.15, 0.2) is 40.9 Å². The predicted octanol–water partition coefficient (Wildman–Crippen LogP) is 3.75. The summed E-state index contributed by atoms with van der Waals surface area (Å²) in [7, 11) is 0. The minimum absolute atomic E-state index is 0. The third-order valence-corrected chi connectivity index (χ3v) is 3.92. The van der Waals surface area contributed by atoms with E-state index >= 15 is 0 Å². The average Bonchev–Trinajstić information content (AvgIpc) is 2.96. The van der Waals surface area contributed by atoms with Gasteiger partial charge in [-0.3, -0.25) is 0 Å². The molecule has 0 amide bonds. The first-order valence-electron chi connectivity index (χ1n) is 7.52. The maximum atomic E-state index is 10.1. The molecule has 1 aliphatic heterocycles. The average molecular weight is 327 g/mol. The fraction of sp³-hybridized carbons (Fsp3) is 0.167. The number of ether oxygens (including phenoxy) is 2. The maximum Gasteiger partial charge on any atom is 0.178 e. The number of fused-ring (bicyclic) bond motifs is 1. The normalized spacial score (nSPS) is 13.0. The van der Waals surface area contributed by atoms with Crippen LogP contribution in [-0.2, 0) is 0 Å². The van der Waals surface area contributed by atoms with E-state index in [1.165, 1.54) is 12.1 Å². The zero-order valence-electron chi connectivity index (χ0n) is 12.9. The van der Waals surface area contributed by atoms with Gasteiger partial charge in [0, 0.05) is 7.49 Å². The van der Waals surface area contributed by atoms with Crippen LogP contribution in [0.5, 0.6) is 23.0 Å². The van der Waals surface area contributed by atoms with Crippen molar-refractivity contribution in [3.05, 3.63) is 42.1 Å². The molecule has 0 atom stereocenters. The molecule has 0 saturated heterocycles. The molecule has 2 aromatic carbocycles. The lowest BCUT2D eigenvalue weighted by atomic mass is 9.99. The van der Waals surface area contributed by atoms with E-state index < -0.39 is 0 Å². The molecule has 24 heavy (non-hydrogen) atoms. The fourth-order valence-electron chi connectivity index (χ4n) is 2.80. The molecular weight excluding hydrogens is 310 g/mol. The molecule has 3 aromatic rings. The molecule has 0 unspecified atom stereocenters. The van der Waals surface area contributed by atoms with Crippen LogP contribution < -0.4 is 9.47 Å². The molecule has 124 valence electrons. The SMILES string of the molecule is Cc1noc(-c2ccc(O)cc2O)c1-c1ccc2c(c1)OCCO2.[HH]. The van der Waals surface area contributed by atoms with E-state index in [4.69, 9.17) is 14.0 Å². The summed E-state index contributed by atoms with van der Waals surface area (Å²) in [6.07, 6.45) is 0. The Hall–Kier alpha value is -3.15. The van der Waals surface area contributed by atoms with Gasteiger partial charge < -0.3 is 24.2 Å². The van der Waals surface area contributed by atoms with Gasteiger partial charge in [0.15, 0.2) is 17.3 Å². The van der Waals surface area contributed by atoms with Gasteiger partial charge in [0.2, 0.25) is 0 Å². The number of hydrogen-bond donors (Lipinski definition) is 2. The summed E-state index contributed by atoms with van der Waals surface area (Å²) >= 11 is 0. The van der Waals surface area contributed by atoms with E-state index in [-0.39, 0.29) is 12.9 Å². The molecule has 0 saturated carbocycles. The smallest absolute Gasteiger partial charge is 0.178 e. The standard InChI is InChI=1S/C18H15NO5.H2/c1-10-17(11-2-5-15-16(8-11)23-7-6-22-15)18(24-19-10)13-4-3-12(20)9-14(13)21;/h2-5,8-9,20-21H,6-7H2,1H3;1H. The summed E-state index contributed by atoms with van der Waals surface area (Å²) in [6, 6.07) is 9.95. The van der Waals surface area contributed by atoms with Crippen LogP contribution in [0, 0.1) is 6.92 Å². The molecule has 0 bridgehead atoms. The molecule has 4 rings (SSSR count). The molecule has 0 fully saturated rings. The molecule has 6 heteroatoms. The Morgan fingerprint density at radius 3 is 2.58 bits per heavy atom. The van der Waals surface area contributed by atoms with Crippen LogP contribution in [0.25, 0.3) is 22.5 Å². The van der Waals surface area contributed by atoms with Gasteiger partial charge >= 0.3 is 0 Å². The molecule has 6 nitrogen and oxygen atoms in total. The van der Waals surface area contributed by atoms with E-state index in [2.05, 4.69) is 5.16 Å². The molecule has 2 heterocycles. The molecule has 0 spiro atoms. The van der Waals surface area contributed by atoms with Crippen molar-refractivity contribution in [2.75, 3.05) is 13.2 Å². The number of aromatic nitrogens is 1. The number of aromatic hydroxyl groups is 2. The molecule has 1 aliphatic rings. The van der Waals surface area contributed by atoms with E-state index in [0.29, 0.717) is 41.7 Å². The summed E-state index contributed by atoms with van der Waals surface area (Å²) < 4.78 is 16.6. The topological polar surface area (TPSA) is 85.0 Å². The summed E-state index contributed by atoms with van der Waals surface area (Å²) in [5.41, 5.74) is 2.75. The Morgan fingerprint density at radius 2 is 1.79 bits per heavy atom. The maximum absolute atomic E-state index is 10.1. The van der Waals surface area contributed by atoms with Crippen molar-refractivity contribution < 1.29 is 25.6 Å². The molecule has 0 radical (unpaired) electrons. The zero-order chi connectivity index (χ0) is 16.7. The Balaban J connectivity index is 0.00000182. The largest absolute Gasteiger partial charge is 0.508 e. The number of aryl methyl sites for hydroxylation is 1. The van der Waals surface area contributed by atoms with Crippen molar-refractivity contribution in [2.24, 2.45) is 0 Å². The first kappa shape index (κ1) is 14.4. The second-order valence-electron chi connectivity index (χ2n) is 5.53. The summed E-state index contributed by atoms with van der Waals surface area (Å²) in [4.78, 5) is 0. The highest BCUT2D eigenvalue weighted by atomic mass is 16.6. The van der Waals surface area contributed by atoms with Gasteiger partial charge in [-0.25, -0.2) is 0 Å². The second kappa shape index (κ2) is 5.49. The highest BCUT2D eigenvalue weighted by Crippen LogP contribution is 2.42. The Bertz CT molecular complexity index is 922. The first-order chi connectivity index (χ1) is 11.6. The minimum atomic E-state index is -0.0788. The van der Waals surface area contributed by atoms with Crippen molar-refractivity contribution in [2.45, 2.75) is 6.92 Å². The Morgan fingerprint density at radius 1 is 1.00 bits per heavy atom. The van der Waals surface area contributed by atoms with Gasteiger partial charge in [0.25, 0.3) is 0 Å². The van der Waals surface area contributed by atoms with Crippen LogP contribution in [0.1, 0.15) is 7.12 Å². The number of nitrogens with zero attached hydrogens (tertiary/aromatic N) is 1. The van der Waals surface area contributed by atoms with E-state index in [1.807, 2.05) is 25.1 Å². The van der Waals surface area contributed by atoms with Crippen LogP contribution in [-0.4, -0.2) is 28.6 Å². The van der Waals surface area contributed by atoms with Crippen molar-refractivity contribution in [1.82, 2.24) is 5.16 Å². The highest BCUT2D eigenvalue weighted by molar-refractivity contribution is 5.84. The number of benzene rings is 2. The lowest BCUT2D eigenvalue weighted by molar-refractivity contribution is 0.171. The first-order valence-corrected chi connectivity index (χ1v) is 7.52. The van der Waals surface area contributed by atoms with E-state index in [1.54, 1.807) is 6.07 Å². The molecule has 1 aromatic heterocycles. The quantitative estimate of drug-likeness (QED) is 0.746. The van der Waals surface area contributed by atoms with Gasteiger partial charge in [-0.15, -0.1) is 0 Å². The van der Waals surface area contributed by atoms with E-state index in [9.17, 15) is 10.2 Å². The predicted molar refractivity (Wildman–Crippen MR) is 88.5 cm³/mol. The van der Waals surface area contributed by atoms with Gasteiger partial charge in [0.05, 0.1) is 16.8 Å². The highest BCUT2D eigenvalue weighted by Gasteiger charge is 2.21. The summed E-state index contributed by atoms with van der Waals surface area (Å²) in [6.45, 7) is 2.87. The van der Waals surface area contributed by atoms with Crippen LogP contribution in [0.4, 0.5) is 0 Å². The van der Waals surface area contributed by atoms with Crippen molar-refractivity contribution in [3.8, 4) is 45.4 Å². The van der Waals surface area contributed by atoms with Crippen molar-refractivity contribution in [1.29, 1.82) is 0 Å². The summed E-state index contributed by atoms with van der Waals surface area (Å²) in [5, 5.41) is 23.6. The van der Waals surface area contributed by atoms with Gasteiger partial charge in [-0.05, 0) is 36.8 Å². The molecular formula is C18H17NO5. The number of rotatable bonds is 2. The minimum Gasteiger partial charge on any atom is -0.508 e. The third-order valence-electron chi connectivity index (χ3n) is 3.92. The van der Waals surface area contributed by atoms with Crippen molar-refractivity contribution >= 4 is 0 Å². The lowest BCUT2D eigenvalue weighted by Gasteiger charge is -2.19. The number of hydrogen-bond acceptors (Lipinski definition) is 6. The Kier molecular flexibility index (Phi) is 3.30. The third kappa shape index (κ3) is 2.32. The fourth-order valence-corrected chi connectivity index (χ4v) is 2.80. The van der Waals surface area contributed by atoms with Gasteiger partial charge in [-0.2, -0.15) is 0 Å². The second-order valence-corrected chi connectivity index (χ2v) is 5.53. The van der Waals surface area contributed by atoms with Crippen LogP contribution in [0.2, 0.25) is 0 Å². The van der Waals surface area contributed by atoms with Crippen molar-refractivity contribution in [3.63, 3.8) is 0 Å². The number of phenolic OH excluding ortho intramolecular Hbond substituents is 2. The number of phenols is 2. The van der Waals surface area contributed by atoms with Gasteiger partial charge in [-0.1, -0.05) is 11.2 Å². The zero-order valence-corrected chi connectivity index (χ0v) is 12.9. The van der Waals surface area contributed by atoms with Crippen LogP contribution >= 0.6 is 0 Å². The van der Waals surface area contributed by atoms with E-state index in [0.717, 1.165) is 11.1 Å². The molecule has 2 N–H and O–H groups in total. The lowest BCUT2D eigenvalue weighted by Crippen LogP contribution is -2.15. The summed E-state index contributed by atoms with van der Waals surface area (Å²) in [5.74, 6) is 1.70. The monoisotopic (exact) mass is 327 g/mol. The van der Waals surface area contributed by atoms with Crippen LogP contribution in [0.3, 0.4) is 0 Å². The Labute approximate surface area is 139 Å². The molecule has 0 aliphatic carbocycles.